The Bertz CT molecular complexity index is 411. The Morgan fingerprint density at radius 1 is 1.41 bits per heavy atom. The van der Waals surface area contributed by atoms with Crippen LogP contribution in [-0.2, 0) is 0 Å². The number of rotatable bonds is 5. The summed E-state index contributed by atoms with van der Waals surface area (Å²) in [5.41, 5.74) is 0.0330. The zero-order chi connectivity index (χ0) is 13.0. The lowest BCUT2D eigenvalue weighted by Crippen LogP contribution is -2.19. The number of hydrogen-bond donors (Lipinski definition) is 3. The highest BCUT2D eigenvalue weighted by Crippen LogP contribution is 2.33. The molecule has 0 spiro atoms. The Balaban J connectivity index is 3.12. The van der Waals surface area contributed by atoms with Gasteiger partial charge in [-0.05, 0) is 18.6 Å². The van der Waals surface area contributed by atoms with Crippen molar-refractivity contribution < 1.29 is 20.1 Å². The second kappa shape index (κ2) is 6.35. The molecule has 0 radical (unpaired) electrons. The molecule has 1 aromatic carbocycles. The molecule has 0 bridgehead atoms. The number of aliphatic hydroxyl groups is 2. The van der Waals surface area contributed by atoms with Crippen LogP contribution in [0.4, 0.5) is 0 Å². The smallest absolute Gasteiger partial charge is 0.153 e. The lowest BCUT2D eigenvalue weighted by Gasteiger charge is -2.19. The Kier molecular flexibility index (Phi) is 5.39. The third kappa shape index (κ3) is 3.42. The summed E-state index contributed by atoms with van der Waals surface area (Å²) in [6, 6.07) is 2.61. The normalized spacial score (nSPS) is 14.4. The van der Waals surface area contributed by atoms with E-state index in [1.165, 1.54) is 12.1 Å². The zero-order valence-corrected chi connectivity index (χ0v) is 11.1. The van der Waals surface area contributed by atoms with Crippen LogP contribution in [0.1, 0.15) is 28.4 Å². The molecule has 2 atom stereocenters. The second-order valence-corrected chi connectivity index (χ2v) is 4.77. The van der Waals surface area contributed by atoms with E-state index in [0.29, 0.717) is 18.0 Å². The number of aromatic hydroxyl groups is 1. The molecule has 0 amide bonds. The number of carbonyl (C=O) groups excluding carboxylic acids is 1. The molecule has 0 heterocycles. The summed E-state index contributed by atoms with van der Waals surface area (Å²) in [4.78, 5) is 10.7. The van der Waals surface area contributed by atoms with Gasteiger partial charge in [0.25, 0.3) is 0 Å². The van der Waals surface area contributed by atoms with Crippen molar-refractivity contribution in [3.8, 4) is 5.75 Å². The van der Waals surface area contributed by atoms with E-state index >= 15 is 0 Å². The van der Waals surface area contributed by atoms with Gasteiger partial charge in [-0.25, -0.2) is 0 Å². The standard InChI is InChI=1S/C11H12BrClO4/c12-2-1-9(15)11(17)8-4-7(13)3-6(5-14)10(8)16/h3-5,9,11,15-17H,1-2H2. The van der Waals surface area contributed by atoms with E-state index in [2.05, 4.69) is 15.9 Å². The van der Waals surface area contributed by atoms with Gasteiger partial charge in [0.15, 0.2) is 6.29 Å². The van der Waals surface area contributed by atoms with Crippen molar-refractivity contribution in [1.82, 2.24) is 0 Å². The minimum Gasteiger partial charge on any atom is -0.507 e. The van der Waals surface area contributed by atoms with Gasteiger partial charge in [-0.2, -0.15) is 0 Å². The minimum absolute atomic E-state index is 0.0161. The Morgan fingerprint density at radius 2 is 2.06 bits per heavy atom. The maximum absolute atomic E-state index is 10.7. The van der Waals surface area contributed by atoms with Crippen molar-refractivity contribution in [3.63, 3.8) is 0 Å². The summed E-state index contributed by atoms with van der Waals surface area (Å²) in [6.45, 7) is 0. The van der Waals surface area contributed by atoms with Gasteiger partial charge >= 0.3 is 0 Å². The van der Waals surface area contributed by atoms with Crippen LogP contribution >= 0.6 is 27.5 Å². The van der Waals surface area contributed by atoms with E-state index in [1.54, 1.807) is 0 Å². The summed E-state index contributed by atoms with van der Waals surface area (Å²) in [6.07, 6.45) is -1.58. The van der Waals surface area contributed by atoms with E-state index in [-0.39, 0.29) is 21.9 Å². The Labute approximate surface area is 112 Å². The fourth-order valence-corrected chi connectivity index (χ4v) is 2.14. The molecule has 0 fully saturated rings. The van der Waals surface area contributed by atoms with Crippen LogP contribution in [0.3, 0.4) is 0 Å². The highest BCUT2D eigenvalue weighted by Gasteiger charge is 2.22. The quantitative estimate of drug-likeness (QED) is 0.572. The molecule has 4 nitrogen and oxygen atoms in total. The SMILES string of the molecule is O=Cc1cc(Cl)cc(C(O)C(O)CCBr)c1O. The van der Waals surface area contributed by atoms with Crippen LogP contribution in [-0.4, -0.2) is 33.0 Å². The lowest BCUT2D eigenvalue weighted by atomic mass is 9.99. The third-order valence-electron chi connectivity index (χ3n) is 2.35. The van der Waals surface area contributed by atoms with Crippen LogP contribution in [0.25, 0.3) is 0 Å². The van der Waals surface area contributed by atoms with Crippen LogP contribution < -0.4 is 0 Å². The molecule has 0 saturated heterocycles. The van der Waals surface area contributed by atoms with Crippen LogP contribution in [0.2, 0.25) is 5.02 Å². The van der Waals surface area contributed by atoms with Gasteiger partial charge in [-0.1, -0.05) is 27.5 Å². The van der Waals surface area contributed by atoms with E-state index in [4.69, 9.17) is 11.6 Å². The average Bonchev–Trinajstić information content (AvgIpc) is 2.31. The molecule has 1 rings (SSSR count). The Hall–Kier alpha value is -0.620. The van der Waals surface area contributed by atoms with Crippen LogP contribution in [0.5, 0.6) is 5.75 Å². The molecule has 3 N–H and O–H groups in total. The molecule has 0 saturated carbocycles. The topological polar surface area (TPSA) is 77.8 Å². The summed E-state index contributed by atoms with van der Waals surface area (Å²) in [5.74, 6) is -0.356. The summed E-state index contributed by atoms with van der Waals surface area (Å²) in [7, 11) is 0. The average molecular weight is 324 g/mol. The number of hydrogen-bond acceptors (Lipinski definition) is 4. The molecule has 0 aliphatic heterocycles. The second-order valence-electron chi connectivity index (χ2n) is 3.54. The Morgan fingerprint density at radius 3 is 2.59 bits per heavy atom. The molecule has 94 valence electrons. The fraction of sp³-hybridized carbons (Fsp3) is 0.364. The van der Waals surface area contributed by atoms with E-state index in [9.17, 15) is 20.1 Å². The number of alkyl halides is 1. The zero-order valence-electron chi connectivity index (χ0n) is 8.81. The van der Waals surface area contributed by atoms with Gasteiger partial charge in [0, 0.05) is 15.9 Å². The number of aliphatic hydroxyl groups excluding tert-OH is 2. The van der Waals surface area contributed by atoms with Crippen molar-refractivity contribution in [2.24, 2.45) is 0 Å². The first-order valence-corrected chi connectivity index (χ1v) is 6.41. The maximum Gasteiger partial charge on any atom is 0.153 e. The summed E-state index contributed by atoms with van der Waals surface area (Å²) in [5, 5.41) is 29.9. The molecule has 1 aromatic rings. The first-order valence-electron chi connectivity index (χ1n) is 4.91. The van der Waals surface area contributed by atoms with Crippen molar-refractivity contribution in [3.05, 3.63) is 28.3 Å². The maximum atomic E-state index is 10.7. The summed E-state index contributed by atoms with van der Waals surface area (Å²) < 4.78 is 0. The first-order chi connectivity index (χ1) is 8.01. The predicted molar refractivity (Wildman–Crippen MR) is 67.9 cm³/mol. The fourth-order valence-electron chi connectivity index (χ4n) is 1.43. The molecule has 6 heteroatoms. The van der Waals surface area contributed by atoms with Gasteiger partial charge in [0.05, 0.1) is 11.7 Å². The van der Waals surface area contributed by atoms with Crippen molar-refractivity contribution in [2.75, 3.05) is 5.33 Å². The highest BCUT2D eigenvalue weighted by atomic mass is 79.9. The van der Waals surface area contributed by atoms with Gasteiger partial charge < -0.3 is 15.3 Å². The van der Waals surface area contributed by atoms with Gasteiger partial charge in [-0.3, -0.25) is 4.79 Å². The van der Waals surface area contributed by atoms with Crippen molar-refractivity contribution in [2.45, 2.75) is 18.6 Å². The minimum atomic E-state index is -1.29. The molecule has 0 aromatic heterocycles. The van der Waals surface area contributed by atoms with Gasteiger partial charge in [0.2, 0.25) is 0 Å². The molecule has 0 aliphatic carbocycles. The van der Waals surface area contributed by atoms with Crippen LogP contribution in [0, 0.1) is 0 Å². The molecule has 2 unspecified atom stereocenters. The van der Waals surface area contributed by atoms with Crippen molar-refractivity contribution in [1.29, 1.82) is 0 Å². The summed E-state index contributed by atoms with van der Waals surface area (Å²) >= 11 is 8.89. The number of halogens is 2. The molecular formula is C11H12BrClO4. The molecule has 0 aliphatic rings. The van der Waals surface area contributed by atoms with Gasteiger partial charge in [-0.15, -0.1) is 0 Å². The van der Waals surface area contributed by atoms with Gasteiger partial charge in [0.1, 0.15) is 11.9 Å². The lowest BCUT2D eigenvalue weighted by molar-refractivity contribution is 0.0160. The monoisotopic (exact) mass is 322 g/mol. The molecular weight excluding hydrogens is 311 g/mol. The van der Waals surface area contributed by atoms with E-state index in [0.717, 1.165) is 0 Å². The highest BCUT2D eigenvalue weighted by molar-refractivity contribution is 9.09. The number of carbonyl (C=O) groups is 1. The first kappa shape index (κ1) is 14.4. The van der Waals surface area contributed by atoms with Crippen molar-refractivity contribution >= 4 is 33.8 Å². The largest absolute Gasteiger partial charge is 0.507 e. The third-order valence-corrected chi connectivity index (χ3v) is 3.02. The molecule has 17 heavy (non-hydrogen) atoms. The number of phenolic OH excluding ortho intramolecular Hbond substituents is 1. The number of benzene rings is 1. The number of aldehydes is 1. The van der Waals surface area contributed by atoms with E-state index < -0.39 is 12.2 Å². The van der Waals surface area contributed by atoms with E-state index in [1.807, 2.05) is 0 Å². The van der Waals surface area contributed by atoms with Crippen LogP contribution in [0.15, 0.2) is 12.1 Å². The predicted octanol–water partition coefficient (Wildman–Crippen LogP) is 2.04. The number of phenols is 1.